The molecule has 3 fully saturated rings. The lowest BCUT2D eigenvalue weighted by Crippen LogP contribution is -2.53. The van der Waals surface area contributed by atoms with Crippen LogP contribution in [0, 0.1) is 34.5 Å². The number of hydrogen-bond acceptors (Lipinski definition) is 0. The standard InChI is InChI=1S/C18H32/c1-13-7-5-8-15-14(13)9-10-16-17(2,3)11-6-12-18(15,16)4/h13-16H,5-12H2,1-4H3/t13?,14-,15+,16+,18-/m1/s1. The van der Waals surface area contributed by atoms with Gasteiger partial charge in [0.15, 0.2) is 0 Å². The summed E-state index contributed by atoms with van der Waals surface area (Å²) in [7, 11) is 0. The lowest BCUT2D eigenvalue weighted by molar-refractivity contribution is -0.120. The molecule has 104 valence electrons. The Hall–Kier alpha value is 0. The van der Waals surface area contributed by atoms with E-state index >= 15 is 0 Å². The third-order valence-corrected chi connectivity index (χ3v) is 7.33. The molecule has 5 atom stereocenters. The van der Waals surface area contributed by atoms with Crippen molar-refractivity contribution in [1.82, 2.24) is 0 Å². The van der Waals surface area contributed by atoms with Gasteiger partial charge in [0.05, 0.1) is 0 Å². The van der Waals surface area contributed by atoms with Crippen molar-refractivity contribution >= 4 is 0 Å². The maximum atomic E-state index is 2.67. The average Bonchev–Trinajstić information content (AvgIpc) is 2.29. The van der Waals surface area contributed by atoms with Crippen molar-refractivity contribution in [1.29, 1.82) is 0 Å². The molecular weight excluding hydrogens is 216 g/mol. The van der Waals surface area contributed by atoms with Crippen molar-refractivity contribution in [2.75, 3.05) is 0 Å². The van der Waals surface area contributed by atoms with Crippen LogP contribution < -0.4 is 0 Å². The molecule has 3 aliphatic rings. The molecule has 0 heteroatoms. The molecule has 0 aromatic heterocycles. The highest BCUT2D eigenvalue weighted by atomic mass is 14.6. The quantitative estimate of drug-likeness (QED) is 0.518. The molecule has 1 unspecified atom stereocenters. The van der Waals surface area contributed by atoms with E-state index in [4.69, 9.17) is 0 Å². The van der Waals surface area contributed by atoms with Crippen LogP contribution in [0.3, 0.4) is 0 Å². The molecule has 0 aliphatic heterocycles. The second-order valence-corrected chi connectivity index (χ2v) is 8.66. The van der Waals surface area contributed by atoms with Gasteiger partial charge < -0.3 is 0 Å². The van der Waals surface area contributed by atoms with Crippen LogP contribution in [0.2, 0.25) is 0 Å². The lowest BCUT2D eigenvalue weighted by atomic mass is 9.44. The monoisotopic (exact) mass is 248 g/mol. The zero-order valence-electron chi connectivity index (χ0n) is 13.0. The van der Waals surface area contributed by atoms with Crippen LogP contribution in [0.25, 0.3) is 0 Å². The van der Waals surface area contributed by atoms with E-state index in [1.54, 1.807) is 0 Å². The van der Waals surface area contributed by atoms with Gasteiger partial charge in [-0.3, -0.25) is 0 Å². The first-order valence-electron chi connectivity index (χ1n) is 8.45. The highest BCUT2D eigenvalue weighted by Crippen LogP contribution is 2.64. The van der Waals surface area contributed by atoms with E-state index in [0.29, 0.717) is 10.8 Å². The molecule has 0 radical (unpaired) electrons. The predicted molar refractivity (Wildman–Crippen MR) is 78.5 cm³/mol. The minimum atomic E-state index is 0.610. The van der Waals surface area contributed by atoms with Gasteiger partial charge in [-0.25, -0.2) is 0 Å². The van der Waals surface area contributed by atoms with Crippen molar-refractivity contribution in [2.24, 2.45) is 34.5 Å². The summed E-state index contributed by atoms with van der Waals surface area (Å²) in [5.74, 6) is 4.13. The van der Waals surface area contributed by atoms with E-state index in [2.05, 4.69) is 27.7 Å². The Kier molecular flexibility index (Phi) is 3.07. The third-order valence-electron chi connectivity index (χ3n) is 7.33. The predicted octanol–water partition coefficient (Wildman–Crippen LogP) is 5.67. The van der Waals surface area contributed by atoms with Crippen LogP contribution in [0.4, 0.5) is 0 Å². The van der Waals surface area contributed by atoms with Crippen LogP contribution in [0.1, 0.15) is 79.1 Å². The van der Waals surface area contributed by atoms with Gasteiger partial charge in [-0.1, -0.05) is 47.0 Å². The van der Waals surface area contributed by atoms with Gasteiger partial charge in [-0.2, -0.15) is 0 Å². The smallest absolute Gasteiger partial charge is 0.0261 e. The van der Waals surface area contributed by atoms with E-state index in [-0.39, 0.29) is 0 Å². The maximum Gasteiger partial charge on any atom is -0.0261 e. The normalized spacial score (nSPS) is 51.3. The summed E-state index contributed by atoms with van der Waals surface area (Å²) in [6.45, 7) is 10.3. The summed E-state index contributed by atoms with van der Waals surface area (Å²) < 4.78 is 0. The van der Waals surface area contributed by atoms with Crippen LogP contribution in [0.15, 0.2) is 0 Å². The Balaban J connectivity index is 1.92. The first-order chi connectivity index (χ1) is 8.45. The van der Waals surface area contributed by atoms with Gasteiger partial charge in [0.2, 0.25) is 0 Å². The minimum Gasteiger partial charge on any atom is -0.0622 e. The Morgan fingerprint density at radius 1 is 0.833 bits per heavy atom. The number of hydrogen-bond donors (Lipinski definition) is 0. The van der Waals surface area contributed by atoms with E-state index in [1.165, 1.54) is 51.4 Å². The van der Waals surface area contributed by atoms with Gasteiger partial charge >= 0.3 is 0 Å². The molecule has 0 aromatic carbocycles. The second-order valence-electron chi connectivity index (χ2n) is 8.66. The van der Waals surface area contributed by atoms with E-state index in [1.807, 2.05) is 0 Å². The molecule has 18 heavy (non-hydrogen) atoms. The molecule has 3 aliphatic carbocycles. The van der Waals surface area contributed by atoms with Gasteiger partial charge in [0.1, 0.15) is 0 Å². The van der Waals surface area contributed by atoms with Gasteiger partial charge in [-0.05, 0) is 66.6 Å². The molecule has 0 bridgehead atoms. The van der Waals surface area contributed by atoms with Gasteiger partial charge in [0, 0.05) is 0 Å². The fraction of sp³-hybridized carbons (Fsp3) is 1.00. The zero-order chi connectivity index (χ0) is 13.0. The Bertz CT molecular complexity index is 316. The lowest BCUT2D eigenvalue weighted by Gasteiger charge is -2.61. The molecule has 3 saturated carbocycles. The van der Waals surface area contributed by atoms with Gasteiger partial charge in [-0.15, -0.1) is 0 Å². The molecule has 3 rings (SSSR count). The SMILES string of the molecule is CC1CCC[C@H]2[C@@H]1CC[C@H]1C(C)(C)CCC[C@]21C. The fourth-order valence-corrected chi connectivity index (χ4v) is 6.48. The fourth-order valence-electron chi connectivity index (χ4n) is 6.48. The third kappa shape index (κ3) is 1.78. The summed E-state index contributed by atoms with van der Waals surface area (Å²) in [6, 6.07) is 0. The summed E-state index contributed by atoms with van der Waals surface area (Å²) in [5.41, 5.74) is 1.29. The Morgan fingerprint density at radius 3 is 2.39 bits per heavy atom. The van der Waals surface area contributed by atoms with Crippen molar-refractivity contribution < 1.29 is 0 Å². The summed E-state index contributed by atoms with van der Waals surface area (Å²) in [4.78, 5) is 0. The molecule has 0 saturated heterocycles. The van der Waals surface area contributed by atoms with E-state index < -0.39 is 0 Å². The second kappa shape index (κ2) is 4.25. The molecule has 0 nitrogen and oxygen atoms in total. The molecule has 0 aromatic rings. The largest absolute Gasteiger partial charge is 0.0622 e. The van der Waals surface area contributed by atoms with Crippen LogP contribution in [0.5, 0.6) is 0 Å². The van der Waals surface area contributed by atoms with Crippen molar-refractivity contribution in [3.63, 3.8) is 0 Å². The molecule has 0 heterocycles. The molecular formula is C18H32. The van der Waals surface area contributed by atoms with Gasteiger partial charge in [0.25, 0.3) is 0 Å². The van der Waals surface area contributed by atoms with Crippen LogP contribution in [-0.4, -0.2) is 0 Å². The van der Waals surface area contributed by atoms with Crippen LogP contribution >= 0.6 is 0 Å². The maximum absolute atomic E-state index is 2.67. The first kappa shape index (κ1) is 13.0. The van der Waals surface area contributed by atoms with Crippen molar-refractivity contribution in [3.8, 4) is 0 Å². The van der Waals surface area contributed by atoms with Crippen LogP contribution in [-0.2, 0) is 0 Å². The van der Waals surface area contributed by atoms with Crippen molar-refractivity contribution in [2.45, 2.75) is 79.1 Å². The Labute approximate surface area is 114 Å². The highest BCUT2D eigenvalue weighted by Gasteiger charge is 2.55. The summed E-state index contributed by atoms with van der Waals surface area (Å²) >= 11 is 0. The van der Waals surface area contributed by atoms with Crippen molar-refractivity contribution in [3.05, 3.63) is 0 Å². The zero-order valence-corrected chi connectivity index (χ0v) is 13.0. The minimum absolute atomic E-state index is 0.610. The highest BCUT2D eigenvalue weighted by molar-refractivity contribution is 5.04. The molecule has 0 spiro atoms. The Morgan fingerprint density at radius 2 is 1.61 bits per heavy atom. The van der Waals surface area contributed by atoms with E-state index in [0.717, 1.165) is 23.7 Å². The van der Waals surface area contributed by atoms with E-state index in [9.17, 15) is 0 Å². The molecule has 0 N–H and O–H groups in total. The topological polar surface area (TPSA) is 0 Å². The molecule has 0 amide bonds. The number of fused-ring (bicyclic) bond motifs is 3. The summed E-state index contributed by atoms with van der Waals surface area (Å²) in [6.07, 6.45) is 12.1. The first-order valence-corrected chi connectivity index (χ1v) is 8.45. The average molecular weight is 248 g/mol. The summed E-state index contributed by atoms with van der Waals surface area (Å²) in [5, 5.41) is 0. The number of rotatable bonds is 0.